The molecule has 0 saturated carbocycles. The fourth-order valence-electron chi connectivity index (χ4n) is 2.69. The molecule has 0 bridgehead atoms. The summed E-state index contributed by atoms with van der Waals surface area (Å²) < 4.78 is 0. The van der Waals surface area contributed by atoms with Gasteiger partial charge in [-0.05, 0) is 25.7 Å². The molecule has 0 heterocycles. The summed E-state index contributed by atoms with van der Waals surface area (Å²) >= 11 is 0. The van der Waals surface area contributed by atoms with Gasteiger partial charge in [-0.25, -0.2) is 0 Å². The van der Waals surface area contributed by atoms with Crippen LogP contribution in [-0.2, 0) is 0 Å². The first-order valence-electron chi connectivity index (χ1n) is 9.65. The molecule has 0 nitrogen and oxygen atoms in total. The molecule has 0 heteroatoms. The molecule has 0 unspecified atom stereocenters. The van der Waals surface area contributed by atoms with Crippen LogP contribution in [0.2, 0.25) is 0 Å². The van der Waals surface area contributed by atoms with Crippen molar-refractivity contribution >= 4 is 0 Å². The van der Waals surface area contributed by atoms with Gasteiger partial charge in [-0.3, -0.25) is 0 Å². The quantitative estimate of drug-likeness (QED) is 0.200. The van der Waals surface area contributed by atoms with Gasteiger partial charge in [0.2, 0.25) is 0 Å². The van der Waals surface area contributed by atoms with Crippen LogP contribution in [0.15, 0.2) is 24.3 Å². The van der Waals surface area contributed by atoms with Crippen LogP contribution < -0.4 is 0 Å². The van der Waals surface area contributed by atoms with Crippen LogP contribution in [0.3, 0.4) is 0 Å². The SMILES string of the molecule is C=C(C=CCCCCCCC)CCCCCCCCCC. The Balaban J connectivity index is 3.26. The van der Waals surface area contributed by atoms with Gasteiger partial charge in [0.1, 0.15) is 0 Å². The fraction of sp³-hybridized carbons (Fsp3) is 0.810. The second-order valence-electron chi connectivity index (χ2n) is 6.49. The van der Waals surface area contributed by atoms with Crippen molar-refractivity contribution in [3.63, 3.8) is 0 Å². The smallest absolute Gasteiger partial charge is 0.0285 e. The molecule has 0 radical (unpaired) electrons. The average molecular weight is 293 g/mol. The van der Waals surface area contributed by atoms with Crippen molar-refractivity contribution in [2.45, 2.75) is 110 Å². The lowest BCUT2D eigenvalue weighted by Crippen LogP contribution is -1.82. The molecular weight excluding hydrogens is 252 g/mol. The Kier molecular flexibility index (Phi) is 17.1. The maximum atomic E-state index is 4.17. The van der Waals surface area contributed by atoms with Crippen LogP contribution in [0.5, 0.6) is 0 Å². The molecule has 0 aliphatic carbocycles. The molecule has 0 aromatic carbocycles. The summed E-state index contributed by atoms with van der Waals surface area (Å²) in [6, 6.07) is 0. The van der Waals surface area contributed by atoms with Crippen molar-refractivity contribution in [1.82, 2.24) is 0 Å². The average Bonchev–Trinajstić information content (AvgIpc) is 2.49. The minimum atomic E-state index is 1.20. The number of hydrogen-bond donors (Lipinski definition) is 0. The molecule has 0 N–H and O–H groups in total. The molecule has 124 valence electrons. The number of unbranched alkanes of at least 4 members (excludes halogenated alkanes) is 12. The molecule has 0 fully saturated rings. The highest BCUT2D eigenvalue weighted by Crippen LogP contribution is 2.13. The van der Waals surface area contributed by atoms with E-state index in [1.54, 1.807) is 0 Å². The molecule has 21 heavy (non-hydrogen) atoms. The van der Waals surface area contributed by atoms with Crippen molar-refractivity contribution in [1.29, 1.82) is 0 Å². The molecule has 0 aliphatic heterocycles. The zero-order chi connectivity index (χ0) is 15.6. The van der Waals surface area contributed by atoms with Crippen LogP contribution >= 0.6 is 0 Å². The van der Waals surface area contributed by atoms with E-state index in [1.165, 1.54) is 102 Å². The van der Waals surface area contributed by atoms with E-state index in [2.05, 4.69) is 32.6 Å². The fourth-order valence-corrected chi connectivity index (χ4v) is 2.69. The Morgan fingerprint density at radius 1 is 0.667 bits per heavy atom. The van der Waals surface area contributed by atoms with Crippen molar-refractivity contribution in [2.75, 3.05) is 0 Å². The lowest BCUT2D eigenvalue weighted by Gasteiger charge is -2.02. The van der Waals surface area contributed by atoms with Crippen LogP contribution in [0.4, 0.5) is 0 Å². The minimum absolute atomic E-state index is 1.20. The third kappa shape index (κ3) is 17.4. The van der Waals surface area contributed by atoms with Crippen LogP contribution in [0.1, 0.15) is 110 Å². The molecule has 0 amide bonds. The van der Waals surface area contributed by atoms with Gasteiger partial charge >= 0.3 is 0 Å². The summed E-state index contributed by atoms with van der Waals surface area (Å²) in [6.45, 7) is 8.73. The van der Waals surface area contributed by atoms with Gasteiger partial charge in [-0.2, -0.15) is 0 Å². The highest BCUT2D eigenvalue weighted by Gasteiger charge is 1.93. The first-order chi connectivity index (χ1) is 10.3. The normalized spacial score (nSPS) is 11.3. The van der Waals surface area contributed by atoms with Crippen molar-refractivity contribution in [3.05, 3.63) is 24.3 Å². The first kappa shape index (κ1) is 20.5. The van der Waals surface area contributed by atoms with Crippen LogP contribution in [0, 0.1) is 0 Å². The van der Waals surface area contributed by atoms with E-state index in [1.807, 2.05) is 0 Å². The van der Waals surface area contributed by atoms with Gasteiger partial charge < -0.3 is 0 Å². The van der Waals surface area contributed by atoms with Gasteiger partial charge in [-0.15, -0.1) is 0 Å². The van der Waals surface area contributed by atoms with Crippen molar-refractivity contribution < 1.29 is 0 Å². The van der Waals surface area contributed by atoms with E-state index in [9.17, 15) is 0 Å². The molecule has 0 rings (SSSR count). The van der Waals surface area contributed by atoms with E-state index in [-0.39, 0.29) is 0 Å². The monoisotopic (exact) mass is 292 g/mol. The number of allylic oxidation sites excluding steroid dienone is 3. The predicted molar refractivity (Wildman–Crippen MR) is 98.9 cm³/mol. The Labute approximate surface area is 135 Å². The first-order valence-corrected chi connectivity index (χ1v) is 9.65. The Hall–Kier alpha value is -0.520. The largest absolute Gasteiger partial charge is 0.0958 e. The number of hydrogen-bond acceptors (Lipinski definition) is 0. The molecule has 0 aromatic rings. The lowest BCUT2D eigenvalue weighted by atomic mass is 10.0. The molecule has 0 aliphatic rings. The highest BCUT2D eigenvalue weighted by atomic mass is 14.0. The van der Waals surface area contributed by atoms with E-state index < -0.39 is 0 Å². The number of rotatable bonds is 16. The maximum Gasteiger partial charge on any atom is -0.0285 e. The summed E-state index contributed by atoms with van der Waals surface area (Å²) in [5, 5.41) is 0. The van der Waals surface area contributed by atoms with Gasteiger partial charge in [0.15, 0.2) is 0 Å². The Morgan fingerprint density at radius 2 is 1.14 bits per heavy atom. The van der Waals surface area contributed by atoms with Gasteiger partial charge in [0.05, 0.1) is 0 Å². The molecular formula is C21H40. The van der Waals surface area contributed by atoms with Crippen molar-refractivity contribution in [3.8, 4) is 0 Å². The van der Waals surface area contributed by atoms with Gasteiger partial charge in [0.25, 0.3) is 0 Å². The van der Waals surface area contributed by atoms with E-state index in [0.29, 0.717) is 0 Å². The summed E-state index contributed by atoms with van der Waals surface area (Å²) in [5.41, 5.74) is 1.33. The lowest BCUT2D eigenvalue weighted by molar-refractivity contribution is 0.576. The zero-order valence-corrected chi connectivity index (χ0v) is 15.0. The highest BCUT2D eigenvalue weighted by molar-refractivity contribution is 5.13. The molecule has 0 saturated heterocycles. The molecule has 0 atom stereocenters. The zero-order valence-electron chi connectivity index (χ0n) is 15.0. The molecule has 0 spiro atoms. The third-order valence-corrected chi connectivity index (χ3v) is 4.18. The van der Waals surface area contributed by atoms with E-state index >= 15 is 0 Å². The summed E-state index contributed by atoms with van der Waals surface area (Å²) in [6.07, 6.45) is 25.1. The predicted octanol–water partition coefficient (Wildman–Crippen LogP) is 7.99. The summed E-state index contributed by atoms with van der Waals surface area (Å²) in [7, 11) is 0. The van der Waals surface area contributed by atoms with Gasteiger partial charge in [-0.1, -0.05) is 109 Å². The Morgan fingerprint density at radius 3 is 1.71 bits per heavy atom. The summed E-state index contributed by atoms with van der Waals surface area (Å²) in [4.78, 5) is 0. The minimum Gasteiger partial charge on any atom is -0.0958 e. The third-order valence-electron chi connectivity index (χ3n) is 4.18. The topological polar surface area (TPSA) is 0 Å². The Bertz CT molecular complexity index is 236. The van der Waals surface area contributed by atoms with Gasteiger partial charge in [0, 0.05) is 0 Å². The second kappa shape index (κ2) is 17.5. The van der Waals surface area contributed by atoms with Crippen LogP contribution in [-0.4, -0.2) is 0 Å². The van der Waals surface area contributed by atoms with E-state index in [4.69, 9.17) is 0 Å². The van der Waals surface area contributed by atoms with Crippen LogP contribution in [0.25, 0.3) is 0 Å². The summed E-state index contributed by atoms with van der Waals surface area (Å²) in [5.74, 6) is 0. The molecule has 0 aromatic heterocycles. The second-order valence-corrected chi connectivity index (χ2v) is 6.49. The van der Waals surface area contributed by atoms with Crippen molar-refractivity contribution in [2.24, 2.45) is 0 Å². The maximum absolute atomic E-state index is 4.17. The standard InChI is InChI=1S/C21H40/c1-4-6-8-10-12-14-16-18-20-21(3)19-17-15-13-11-9-7-5-2/h17,19H,3-16,18,20H2,1-2H3. The van der Waals surface area contributed by atoms with E-state index in [0.717, 1.165) is 0 Å².